The smallest absolute Gasteiger partial charge is 0.220 e. The molecule has 7 nitrogen and oxygen atoms in total. The van der Waals surface area contributed by atoms with Crippen LogP contribution >= 0.6 is 0 Å². The van der Waals surface area contributed by atoms with E-state index in [1.54, 1.807) is 0 Å². The summed E-state index contributed by atoms with van der Waals surface area (Å²) in [5.41, 5.74) is 12.8. The largest absolute Gasteiger partial charge is 0.368 e. The maximum absolute atomic E-state index is 6.35. The van der Waals surface area contributed by atoms with Crippen LogP contribution in [-0.2, 0) is 12.5 Å². The fraction of sp³-hybridized carbons (Fsp3) is 0.333. The van der Waals surface area contributed by atoms with Crippen molar-refractivity contribution in [2.45, 2.75) is 50.0 Å². The molecular formula is C27H29N7. The number of hydrogen-bond acceptors (Lipinski definition) is 6. The molecule has 0 amide bonds. The van der Waals surface area contributed by atoms with Crippen molar-refractivity contribution in [1.29, 1.82) is 0 Å². The summed E-state index contributed by atoms with van der Waals surface area (Å²) in [5, 5.41) is 7.86. The first-order valence-electron chi connectivity index (χ1n) is 12.0. The van der Waals surface area contributed by atoms with E-state index in [1.807, 2.05) is 30.3 Å². The molecule has 3 aromatic heterocycles. The van der Waals surface area contributed by atoms with E-state index in [1.165, 1.54) is 18.4 Å². The Morgan fingerprint density at radius 3 is 2.56 bits per heavy atom. The van der Waals surface area contributed by atoms with E-state index < -0.39 is 0 Å². The van der Waals surface area contributed by atoms with Crippen molar-refractivity contribution >= 4 is 11.8 Å². The van der Waals surface area contributed by atoms with Gasteiger partial charge >= 0.3 is 0 Å². The third kappa shape index (κ3) is 3.34. The number of aryl methyl sites for hydroxylation is 1. The second-order valence-corrected chi connectivity index (χ2v) is 9.67. The lowest BCUT2D eigenvalue weighted by atomic mass is 9.75. The highest BCUT2D eigenvalue weighted by molar-refractivity contribution is 5.68. The zero-order chi connectivity index (χ0) is 23.3. The molecule has 1 aliphatic heterocycles. The highest BCUT2D eigenvalue weighted by Gasteiger charge is 2.40. The Morgan fingerprint density at radius 2 is 1.82 bits per heavy atom. The fourth-order valence-electron chi connectivity index (χ4n) is 5.87. The first kappa shape index (κ1) is 20.8. The Balaban J connectivity index is 1.46. The number of hydrogen-bond donors (Lipinski definition) is 2. The highest BCUT2D eigenvalue weighted by atomic mass is 15.2. The van der Waals surface area contributed by atoms with E-state index in [9.17, 15) is 0 Å². The van der Waals surface area contributed by atoms with Gasteiger partial charge in [0.05, 0.1) is 23.5 Å². The second-order valence-electron chi connectivity index (χ2n) is 9.67. The van der Waals surface area contributed by atoms with Crippen molar-refractivity contribution in [3.8, 4) is 11.1 Å². The Morgan fingerprint density at radius 1 is 1.03 bits per heavy atom. The molecular weight excluding hydrogens is 422 g/mol. The van der Waals surface area contributed by atoms with Crippen LogP contribution in [-0.4, -0.2) is 30.8 Å². The number of aromatic nitrogens is 5. The number of nitrogen functional groups attached to an aromatic ring is 1. The van der Waals surface area contributed by atoms with Gasteiger partial charge in [0.2, 0.25) is 5.95 Å². The van der Waals surface area contributed by atoms with Crippen molar-refractivity contribution < 1.29 is 0 Å². The zero-order valence-electron chi connectivity index (χ0n) is 19.6. The summed E-state index contributed by atoms with van der Waals surface area (Å²) in [4.78, 5) is 14.3. The predicted octanol–water partition coefficient (Wildman–Crippen LogP) is 4.66. The standard InChI is InChI=1S/C27H29N7/c1-17-24(21-12-18(14-29-25(21)31-17)19-15-30-34(2)16-19)22-13-23(33-26(28)32-22)27(10-6-7-11-27)20-8-4-3-5-9-20/h3-5,8-9,12-17,24H,6-7,10-11H2,1-2H3,(H,29,31)(H2,28,32,33). The summed E-state index contributed by atoms with van der Waals surface area (Å²) in [7, 11) is 1.92. The molecule has 34 heavy (non-hydrogen) atoms. The van der Waals surface area contributed by atoms with Gasteiger partial charge in [-0.05, 0) is 37.5 Å². The first-order valence-corrected chi connectivity index (χ1v) is 12.0. The molecule has 1 saturated carbocycles. The molecule has 1 aromatic carbocycles. The number of nitrogens with zero attached hydrogens (tertiary/aromatic N) is 5. The van der Waals surface area contributed by atoms with E-state index >= 15 is 0 Å². The first-order chi connectivity index (χ1) is 16.5. The normalized spacial score (nSPS) is 20.8. The molecule has 0 spiro atoms. The quantitative estimate of drug-likeness (QED) is 0.469. The molecule has 7 heteroatoms. The Kier molecular flexibility index (Phi) is 4.86. The minimum atomic E-state index is -0.110. The molecule has 4 heterocycles. The summed E-state index contributed by atoms with van der Waals surface area (Å²) in [6.07, 6.45) is 10.3. The second kappa shape index (κ2) is 7.94. The summed E-state index contributed by atoms with van der Waals surface area (Å²) < 4.78 is 1.81. The number of anilines is 2. The van der Waals surface area contributed by atoms with Crippen LogP contribution in [0.5, 0.6) is 0 Å². The van der Waals surface area contributed by atoms with Gasteiger partial charge in [-0.25, -0.2) is 15.0 Å². The summed E-state index contributed by atoms with van der Waals surface area (Å²) >= 11 is 0. The lowest BCUT2D eigenvalue weighted by Gasteiger charge is -2.30. The number of fused-ring (bicyclic) bond motifs is 1. The van der Waals surface area contributed by atoms with E-state index in [0.717, 1.165) is 46.7 Å². The van der Waals surface area contributed by atoms with Crippen LogP contribution in [0.25, 0.3) is 11.1 Å². The number of rotatable bonds is 4. The molecule has 1 fully saturated rings. The van der Waals surface area contributed by atoms with Crippen molar-refractivity contribution in [1.82, 2.24) is 24.7 Å². The van der Waals surface area contributed by atoms with Gasteiger partial charge in [-0.1, -0.05) is 43.2 Å². The minimum absolute atomic E-state index is 0.0393. The molecule has 1 aliphatic carbocycles. The van der Waals surface area contributed by atoms with Gasteiger partial charge in [0.15, 0.2) is 0 Å². The Labute approximate surface area is 199 Å². The number of nitrogens with one attached hydrogen (secondary N) is 1. The van der Waals surface area contributed by atoms with Gasteiger partial charge in [0.25, 0.3) is 0 Å². The highest BCUT2D eigenvalue weighted by Crippen LogP contribution is 2.47. The monoisotopic (exact) mass is 451 g/mol. The van der Waals surface area contributed by atoms with Crippen LogP contribution in [0.4, 0.5) is 11.8 Å². The Hall–Kier alpha value is -3.74. The topological polar surface area (TPSA) is 94.5 Å². The van der Waals surface area contributed by atoms with Gasteiger partial charge in [0, 0.05) is 47.6 Å². The maximum atomic E-state index is 6.35. The van der Waals surface area contributed by atoms with E-state index in [0.29, 0.717) is 5.95 Å². The summed E-state index contributed by atoms with van der Waals surface area (Å²) in [6.45, 7) is 2.18. The van der Waals surface area contributed by atoms with E-state index in [2.05, 4.69) is 59.8 Å². The molecule has 2 aliphatic rings. The average molecular weight is 452 g/mol. The molecule has 2 atom stereocenters. The third-order valence-electron chi connectivity index (χ3n) is 7.51. The summed E-state index contributed by atoms with van der Waals surface area (Å²) in [6, 6.07) is 15.3. The molecule has 3 N–H and O–H groups in total. The van der Waals surface area contributed by atoms with Crippen LogP contribution in [0.15, 0.2) is 61.1 Å². The third-order valence-corrected chi connectivity index (χ3v) is 7.51. The predicted molar refractivity (Wildman–Crippen MR) is 134 cm³/mol. The van der Waals surface area contributed by atoms with Crippen molar-refractivity contribution in [3.05, 3.63) is 83.6 Å². The van der Waals surface area contributed by atoms with Gasteiger partial charge < -0.3 is 11.1 Å². The number of pyridine rings is 1. The van der Waals surface area contributed by atoms with Crippen molar-refractivity contribution in [2.24, 2.45) is 7.05 Å². The molecule has 172 valence electrons. The average Bonchev–Trinajstić information content (AvgIpc) is 3.57. The summed E-state index contributed by atoms with van der Waals surface area (Å²) in [5.74, 6) is 1.28. The Bertz CT molecular complexity index is 1340. The van der Waals surface area contributed by atoms with Crippen molar-refractivity contribution in [2.75, 3.05) is 11.1 Å². The fourth-order valence-corrected chi connectivity index (χ4v) is 5.87. The molecule has 0 bridgehead atoms. The molecule has 4 aromatic rings. The number of nitrogens with two attached hydrogens (primary N) is 1. The van der Waals surface area contributed by atoms with Crippen LogP contribution in [0.2, 0.25) is 0 Å². The maximum Gasteiger partial charge on any atom is 0.220 e. The van der Waals surface area contributed by atoms with E-state index in [-0.39, 0.29) is 17.4 Å². The lowest BCUT2D eigenvalue weighted by molar-refractivity contribution is 0.515. The van der Waals surface area contributed by atoms with Crippen molar-refractivity contribution in [3.63, 3.8) is 0 Å². The molecule has 2 unspecified atom stereocenters. The van der Waals surface area contributed by atoms with Gasteiger partial charge in [-0.15, -0.1) is 0 Å². The van der Waals surface area contributed by atoms with Crippen LogP contribution in [0, 0.1) is 0 Å². The zero-order valence-corrected chi connectivity index (χ0v) is 19.6. The molecule has 0 radical (unpaired) electrons. The van der Waals surface area contributed by atoms with Crippen LogP contribution < -0.4 is 11.1 Å². The van der Waals surface area contributed by atoms with Gasteiger partial charge in [-0.2, -0.15) is 5.10 Å². The van der Waals surface area contributed by atoms with Crippen LogP contribution in [0.1, 0.15) is 61.0 Å². The lowest BCUT2D eigenvalue weighted by Crippen LogP contribution is -2.27. The van der Waals surface area contributed by atoms with Gasteiger partial charge in [0.1, 0.15) is 5.82 Å². The minimum Gasteiger partial charge on any atom is -0.368 e. The van der Waals surface area contributed by atoms with E-state index in [4.69, 9.17) is 20.7 Å². The number of benzene rings is 1. The van der Waals surface area contributed by atoms with Gasteiger partial charge in [-0.3, -0.25) is 4.68 Å². The molecule has 6 rings (SSSR count). The van der Waals surface area contributed by atoms with Crippen LogP contribution in [0.3, 0.4) is 0 Å². The SMILES string of the molecule is CC1Nc2ncc(-c3cnn(C)c3)cc2C1c1cc(C2(c3ccccc3)CCCC2)nc(N)n1. The molecule has 0 saturated heterocycles.